The molecule has 0 aliphatic rings. The van der Waals surface area contributed by atoms with Crippen molar-refractivity contribution in [3.8, 4) is 0 Å². The van der Waals surface area contributed by atoms with E-state index < -0.39 is 0 Å². The molecule has 0 heterocycles. The molecule has 0 spiro atoms. The van der Waals surface area contributed by atoms with Gasteiger partial charge >= 0.3 is 0 Å². The molecule has 2 atom stereocenters. The minimum Gasteiger partial charge on any atom is -0.328 e. The summed E-state index contributed by atoms with van der Waals surface area (Å²) >= 11 is 0. The lowest BCUT2D eigenvalue weighted by Crippen LogP contribution is -2.17. The number of halogens is 2. The zero-order valence-corrected chi connectivity index (χ0v) is 13.1. The molecule has 2 unspecified atom stereocenters. The lowest BCUT2D eigenvalue weighted by molar-refractivity contribution is 0.625. The highest BCUT2D eigenvalue weighted by molar-refractivity contribution is 5.17. The van der Waals surface area contributed by atoms with Gasteiger partial charge in [-0.2, -0.15) is 0 Å². The second-order valence-electron chi connectivity index (χ2n) is 5.62. The van der Waals surface area contributed by atoms with Crippen LogP contribution < -0.4 is 11.5 Å². The van der Waals surface area contributed by atoms with Crippen molar-refractivity contribution in [3.05, 3.63) is 71.3 Å². The number of hydrogen-bond acceptors (Lipinski definition) is 2. The molecule has 2 rings (SSSR count). The van der Waals surface area contributed by atoms with Crippen molar-refractivity contribution in [2.75, 3.05) is 0 Å². The van der Waals surface area contributed by atoms with Gasteiger partial charge in [0.2, 0.25) is 0 Å². The van der Waals surface area contributed by atoms with Crippen LogP contribution in [-0.2, 0) is 12.8 Å². The first-order valence-electron chi connectivity index (χ1n) is 7.37. The highest BCUT2D eigenvalue weighted by Crippen LogP contribution is 2.05. The number of nitrogens with two attached hydrogens (primary N) is 2. The van der Waals surface area contributed by atoms with Crippen LogP contribution in [0.4, 0.5) is 8.78 Å². The Morgan fingerprint density at radius 1 is 0.682 bits per heavy atom. The van der Waals surface area contributed by atoms with Crippen LogP contribution in [0, 0.1) is 11.6 Å². The maximum atomic E-state index is 12.4. The van der Waals surface area contributed by atoms with Gasteiger partial charge in [-0.3, -0.25) is 0 Å². The van der Waals surface area contributed by atoms with Crippen LogP contribution in [0.25, 0.3) is 0 Å². The van der Waals surface area contributed by atoms with E-state index in [2.05, 4.69) is 0 Å². The zero-order chi connectivity index (χ0) is 16.5. The Kier molecular flexibility index (Phi) is 7.71. The Morgan fingerprint density at radius 2 is 0.955 bits per heavy atom. The van der Waals surface area contributed by atoms with Crippen molar-refractivity contribution in [3.63, 3.8) is 0 Å². The third-order valence-corrected chi connectivity index (χ3v) is 2.94. The summed E-state index contributed by atoms with van der Waals surface area (Å²) in [6.45, 7) is 3.87. The molecule has 0 fully saturated rings. The monoisotopic (exact) mass is 306 g/mol. The summed E-state index contributed by atoms with van der Waals surface area (Å²) in [6.07, 6.45) is 1.61. The quantitative estimate of drug-likeness (QED) is 0.909. The molecule has 4 heteroatoms. The molecule has 2 aromatic carbocycles. The van der Waals surface area contributed by atoms with E-state index in [1.165, 1.54) is 24.3 Å². The van der Waals surface area contributed by atoms with Crippen LogP contribution in [0.3, 0.4) is 0 Å². The first-order chi connectivity index (χ1) is 10.4. The van der Waals surface area contributed by atoms with Crippen molar-refractivity contribution in [1.82, 2.24) is 0 Å². The van der Waals surface area contributed by atoms with Gasteiger partial charge < -0.3 is 11.5 Å². The first kappa shape index (κ1) is 18.3. The van der Waals surface area contributed by atoms with Crippen molar-refractivity contribution in [2.24, 2.45) is 11.5 Å². The van der Waals surface area contributed by atoms with Crippen molar-refractivity contribution < 1.29 is 8.78 Å². The normalized spacial score (nSPS) is 13.0. The summed E-state index contributed by atoms with van der Waals surface area (Å²) in [6, 6.07) is 13.2. The maximum absolute atomic E-state index is 12.4. The number of rotatable bonds is 4. The average Bonchev–Trinajstić information content (AvgIpc) is 2.44. The van der Waals surface area contributed by atoms with Gasteiger partial charge in [0.25, 0.3) is 0 Å². The van der Waals surface area contributed by atoms with E-state index in [1.807, 2.05) is 13.8 Å². The van der Waals surface area contributed by atoms with E-state index in [9.17, 15) is 8.78 Å². The van der Waals surface area contributed by atoms with Crippen LogP contribution >= 0.6 is 0 Å². The Morgan fingerprint density at radius 3 is 1.18 bits per heavy atom. The molecule has 0 radical (unpaired) electrons. The zero-order valence-electron chi connectivity index (χ0n) is 13.1. The van der Waals surface area contributed by atoms with Gasteiger partial charge in [0.1, 0.15) is 11.6 Å². The van der Waals surface area contributed by atoms with Crippen molar-refractivity contribution >= 4 is 0 Å². The smallest absolute Gasteiger partial charge is 0.123 e. The molecule has 0 aromatic heterocycles. The van der Waals surface area contributed by atoms with Crippen molar-refractivity contribution in [2.45, 2.75) is 38.8 Å². The molecule has 0 aliphatic carbocycles. The van der Waals surface area contributed by atoms with Gasteiger partial charge in [-0.05, 0) is 62.1 Å². The summed E-state index contributed by atoms with van der Waals surface area (Å²) in [5.41, 5.74) is 13.3. The third kappa shape index (κ3) is 7.86. The molecular weight excluding hydrogens is 282 g/mol. The van der Waals surface area contributed by atoms with E-state index in [4.69, 9.17) is 11.5 Å². The Labute approximate surface area is 131 Å². The third-order valence-electron chi connectivity index (χ3n) is 2.94. The Hall–Kier alpha value is -1.78. The molecule has 0 saturated heterocycles. The van der Waals surface area contributed by atoms with Crippen LogP contribution in [0.1, 0.15) is 25.0 Å². The summed E-state index contributed by atoms with van der Waals surface area (Å²) in [5.74, 6) is -0.392. The standard InChI is InChI=1S/2C9H12FN/c2*1-7(11)6-8-2-4-9(10)5-3-8/h2*2-5,7H,6,11H2,1H3. The lowest BCUT2D eigenvalue weighted by atomic mass is 10.1. The number of benzene rings is 2. The van der Waals surface area contributed by atoms with Gasteiger partial charge in [-0.1, -0.05) is 24.3 Å². The second-order valence-corrected chi connectivity index (χ2v) is 5.62. The molecule has 2 aromatic rings. The molecule has 0 amide bonds. The molecule has 0 saturated carbocycles. The molecule has 22 heavy (non-hydrogen) atoms. The van der Waals surface area contributed by atoms with Gasteiger partial charge in [-0.15, -0.1) is 0 Å². The fourth-order valence-corrected chi connectivity index (χ4v) is 1.98. The van der Waals surface area contributed by atoms with Crippen LogP contribution in [0.2, 0.25) is 0 Å². The lowest BCUT2D eigenvalue weighted by Gasteiger charge is -2.03. The molecule has 2 nitrogen and oxygen atoms in total. The molecule has 0 aliphatic heterocycles. The summed E-state index contributed by atoms with van der Waals surface area (Å²) in [5, 5.41) is 0. The summed E-state index contributed by atoms with van der Waals surface area (Å²) < 4.78 is 24.8. The highest BCUT2D eigenvalue weighted by atomic mass is 19.1. The fraction of sp³-hybridized carbons (Fsp3) is 0.333. The van der Waals surface area contributed by atoms with Gasteiger partial charge in [0.05, 0.1) is 0 Å². The summed E-state index contributed by atoms with van der Waals surface area (Å²) in [4.78, 5) is 0. The predicted molar refractivity (Wildman–Crippen MR) is 87.5 cm³/mol. The summed E-state index contributed by atoms with van der Waals surface area (Å²) in [7, 11) is 0. The molecular formula is C18H24F2N2. The van der Waals surface area contributed by atoms with E-state index in [1.54, 1.807) is 24.3 Å². The topological polar surface area (TPSA) is 52.0 Å². The van der Waals surface area contributed by atoms with Crippen LogP contribution in [0.5, 0.6) is 0 Å². The minimum atomic E-state index is -0.196. The molecule has 4 N–H and O–H groups in total. The second kappa shape index (κ2) is 9.28. The van der Waals surface area contributed by atoms with Gasteiger partial charge in [-0.25, -0.2) is 8.78 Å². The van der Waals surface area contributed by atoms with E-state index in [-0.39, 0.29) is 23.7 Å². The largest absolute Gasteiger partial charge is 0.328 e. The van der Waals surface area contributed by atoms with Crippen LogP contribution in [-0.4, -0.2) is 12.1 Å². The average molecular weight is 306 g/mol. The maximum Gasteiger partial charge on any atom is 0.123 e. The van der Waals surface area contributed by atoms with Gasteiger partial charge in [0.15, 0.2) is 0 Å². The molecule has 120 valence electrons. The molecule has 0 bridgehead atoms. The van der Waals surface area contributed by atoms with E-state index in [0.717, 1.165) is 24.0 Å². The number of hydrogen-bond donors (Lipinski definition) is 2. The fourth-order valence-electron chi connectivity index (χ4n) is 1.98. The van der Waals surface area contributed by atoms with E-state index in [0.29, 0.717) is 0 Å². The Balaban J connectivity index is 0.000000220. The van der Waals surface area contributed by atoms with Crippen molar-refractivity contribution in [1.29, 1.82) is 0 Å². The Bertz CT molecular complexity index is 483. The first-order valence-corrected chi connectivity index (χ1v) is 7.37. The SMILES string of the molecule is CC(N)Cc1ccc(F)cc1.CC(N)Cc1ccc(F)cc1. The van der Waals surface area contributed by atoms with Crippen LogP contribution in [0.15, 0.2) is 48.5 Å². The van der Waals surface area contributed by atoms with E-state index >= 15 is 0 Å². The minimum absolute atomic E-state index is 0.139. The predicted octanol–water partition coefficient (Wildman–Crippen LogP) is 3.43. The highest BCUT2D eigenvalue weighted by Gasteiger charge is 1.97. The van der Waals surface area contributed by atoms with Gasteiger partial charge in [0, 0.05) is 12.1 Å².